The molecule has 5 unspecified atom stereocenters. The first kappa shape index (κ1) is 27.8. The molecule has 1 amide bonds. The molecule has 31 heavy (non-hydrogen) atoms. The smallest absolute Gasteiger partial charge is 0.355 e. The van der Waals surface area contributed by atoms with Gasteiger partial charge in [-0.05, 0) is 89.3 Å². The minimum Gasteiger partial charge on any atom is -0.355 e. The zero-order chi connectivity index (χ0) is 23.8. The Hall–Kier alpha value is -1.21. The zero-order valence-electron chi connectivity index (χ0n) is 19.6. The maximum atomic E-state index is 12.0. The number of carbonyl (C=O) groups is 1. The Bertz CT molecular complexity index is 672. The van der Waals surface area contributed by atoms with Gasteiger partial charge in [0.05, 0.1) is 5.56 Å². The maximum Gasteiger partial charge on any atom is 0.417 e. The Kier molecular flexibility index (Phi) is 10.9. The van der Waals surface area contributed by atoms with E-state index < -0.39 is 11.7 Å². The number of hydrogen-bond donors (Lipinski definition) is 3. The molecular weight excluding hydrogens is 421 g/mol. The van der Waals surface area contributed by atoms with Crippen LogP contribution in [0.4, 0.5) is 13.2 Å². The van der Waals surface area contributed by atoms with Crippen molar-refractivity contribution in [1.29, 1.82) is 0 Å². The van der Waals surface area contributed by atoms with Gasteiger partial charge in [0, 0.05) is 16.5 Å². The quantitative estimate of drug-likeness (QED) is 0.364. The Morgan fingerprint density at radius 3 is 2.06 bits per heavy atom. The van der Waals surface area contributed by atoms with Crippen molar-refractivity contribution < 1.29 is 18.0 Å². The molecule has 2 aliphatic carbocycles. The van der Waals surface area contributed by atoms with Crippen LogP contribution < -0.4 is 10.6 Å². The Labute approximate surface area is 191 Å². The second kappa shape index (κ2) is 12.1. The van der Waals surface area contributed by atoms with E-state index in [9.17, 15) is 18.0 Å². The molecule has 3 nitrogen and oxygen atoms in total. The molecule has 2 N–H and O–H groups in total. The molecule has 7 heteroatoms. The molecule has 2 saturated carbocycles. The summed E-state index contributed by atoms with van der Waals surface area (Å²) >= 11 is 3.67. The number of alkyl halides is 3. The van der Waals surface area contributed by atoms with E-state index in [1.165, 1.54) is 43.9 Å². The van der Waals surface area contributed by atoms with Gasteiger partial charge in [-0.1, -0.05) is 26.0 Å². The lowest BCUT2D eigenvalue weighted by Gasteiger charge is -2.46. The largest absolute Gasteiger partial charge is 0.417 e. The van der Waals surface area contributed by atoms with Crippen LogP contribution in [0.15, 0.2) is 29.2 Å². The predicted molar refractivity (Wildman–Crippen MR) is 124 cm³/mol. The van der Waals surface area contributed by atoms with E-state index in [1.54, 1.807) is 0 Å². The lowest BCUT2D eigenvalue weighted by molar-refractivity contribution is -0.139. The standard InChI is InChI=1S/C12H21NO.C7H5F3S.C5H13N/c1-8-3-10-5-9(2)12(13-7-14)11(4-8)6-10;8-7(9,10)5-3-1-2-4-6(5)11;1-5(2,3)6-4/h7-12H,3-6H2,1-2H3,(H,13,14);1-4,11H;6H,1-4H3. The summed E-state index contributed by atoms with van der Waals surface area (Å²) in [6.45, 7) is 11.0. The Morgan fingerprint density at radius 2 is 1.61 bits per heavy atom. The van der Waals surface area contributed by atoms with Crippen LogP contribution in [-0.2, 0) is 11.0 Å². The third kappa shape index (κ3) is 9.85. The second-order valence-corrected chi connectivity index (χ2v) is 10.5. The van der Waals surface area contributed by atoms with Gasteiger partial charge in [-0.2, -0.15) is 13.2 Å². The van der Waals surface area contributed by atoms with Crippen molar-refractivity contribution in [2.75, 3.05) is 7.05 Å². The fourth-order valence-corrected chi connectivity index (χ4v) is 4.81. The van der Waals surface area contributed by atoms with Crippen molar-refractivity contribution in [1.82, 2.24) is 10.6 Å². The first-order valence-corrected chi connectivity index (χ1v) is 11.5. The molecule has 2 aliphatic rings. The van der Waals surface area contributed by atoms with Crippen molar-refractivity contribution in [3.8, 4) is 0 Å². The van der Waals surface area contributed by atoms with Crippen molar-refractivity contribution in [3.63, 3.8) is 0 Å². The summed E-state index contributed by atoms with van der Waals surface area (Å²) < 4.78 is 36.0. The minimum atomic E-state index is -4.29. The number of amides is 1. The van der Waals surface area contributed by atoms with Crippen LogP contribution in [0.3, 0.4) is 0 Å². The van der Waals surface area contributed by atoms with Crippen LogP contribution in [0.1, 0.15) is 65.9 Å². The fourth-order valence-electron chi connectivity index (χ4n) is 4.52. The van der Waals surface area contributed by atoms with E-state index in [0.717, 1.165) is 30.2 Å². The molecule has 0 heterocycles. The second-order valence-electron chi connectivity index (χ2n) is 9.98. The highest BCUT2D eigenvalue weighted by atomic mass is 32.1. The monoisotopic (exact) mass is 460 g/mol. The van der Waals surface area contributed by atoms with Crippen LogP contribution in [0.5, 0.6) is 0 Å². The lowest BCUT2D eigenvalue weighted by Crippen LogP contribution is -2.48. The molecule has 0 aromatic heterocycles. The number of thiol groups is 1. The van der Waals surface area contributed by atoms with Crippen molar-refractivity contribution in [3.05, 3.63) is 29.8 Å². The molecule has 2 bridgehead atoms. The molecular formula is C24H39F3N2OS. The van der Waals surface area contributed by atoms with E-state index >= 15 is 0 Å². The van der Waals surface area contributed by atoms with E-state index in [0.29, 0.717) is 17.5 Å². The van der Waals surface area contributed by atoms with Crippen molar-refractivity contribution in [2.45, 2.75) is 83.0 Å². The lowest BCUT2D eigenvalue weighted by atomic mass is 9.63. The SMILES string of the molecule is CC1CC2CC(C)C(NC=O)C(C1)C2.CNC(C)(C)C.FC(F)(F)c1ccccc1S. The Balaban J connectivity index is 0.000000253. The van der Waals surface area contributed by atoms with Crippen molar-refractivity contribution >= 4 is 19.0 Å². The van der Waals surface area contributed by atoms with Gasteiger partial charge in [-0.3, -0.25) is 4.79 Å². The number of halogens is 3. The minimum absolute atomic E-state index is 0.0417. The van der Waals surface area contributed by atoms with Gasteiger partial charge in [0.25, 0.3) is 0 Å². The van der Waals surface area contributed by atoms with E-state index in [1.807, 2.05) is 7.05 Å². The zero-order valence-corrected chi connectivity index (χ0v) is 20.5. The van der Waals surface area contributed by atoms with Gasteiger partial charge in [-0.25, -0.2) is 0 Å². The molecule has 1 aromatic rings. The van der Waals surface area contributed by atoms with Crippen LogP contribution >= 0.6 is 12.6 Å². The van der Waals surface area contributed by atoms with Gasteiger partial charge in [0.1, 0.15) is 0 Å². The van der Waals surface area contributed by atoms with Crippen LogP contribution in [0.25, 0.3) is 0 Å². The summed E-state index contributed by atoms with van der Waals surface area (Å²) in [7, 11) is 1.96. The number of fused-ring (bicyclic) bond motifs is 2. The molecule has 0 saturated heterocycles. The third-order valence-electron chi connectivity index (χ3n) is 6.12. The number of hydrogen-bond acceptors (Lipinski definition) is 3. The number of benzene rings is 1. The van der Waals surface area contributed by atoms with Crippen LogP contribution in [0.2, 0.25) is 0 Å². The van der Waals surface area contributed by atoms with Gasteiger partial charge >= 0.3 is 6.18 Å². The third-order valence-corrected chi connectivity index (χ3v) is 6.51. The predicted octanol–water partition coefficient (Wildman–Crippen LogP) is 6.19. The molecule has 0 spiro atoms. The first-order chi connectivity index (χ1) is 14.3. The van der Waals surface area contributed by atoms with Gasteiger partial charge < -0.3 is 10.6 Å². The summed E-state index contributed by atoms with van der Waals surface area (Å²) in [4.78, 5) is 10.5. The number of nitrogens with one attached hydrogen (secondary N) is 2. The molecule has 3 rings (SSSR count). The van der Waals surface area contributed by atoms with Gasteiger partial charge in [-0.15, -0.1) is 12.6 Å². The van der Waals surface area contributed by atoms with E-state index in [2.05, 4.69) is 57.9 Å². The first-order valence-electron chi connectivity index (χ1n) is 11.0. The average Bonchev–Trinajstić information content (AvgIpc) is 2.64. The number of carbonyl (C=O) groups excluding carboxylic acids is 1. The fraction of sp³-hybridized carbons (Fsp3) is 0.708. The molecule has 2 fully saturated rings. The maximum absolute atomic E-state index is 12.0. The Morgan fingerprint density at radius 1 is 1.03 bits per heavy atom. The van der Waals surface area contributed by atoms with Crippen molar-refractivity contribution in [2.24, 2.45) is 23.7 Å². The van der Waals surface area contributed by atoms with Gasteiger partial charge in [0.2, 0.25) is 6.41 Å². The van der Waals surface area contributed by atoms with Gasteiger partial charge in [0.15, 0.2) is 0 Å². The van der Waals surface area contributed by atoms with Crippen LogP contribution in [0, 0.1) is 23.7 Å². The normalized spacial score (nSPS) is 27.7. The number of rotatable bonds is 2. The molecule has 5 atom stereocenters. The van der Waals surface area contributed by atoms with E-state index in [4.69, 9.17) is 0 Å². The summed E-state index contributed by atoms with van der Waals surface area (Å²) in [5, 5.41) is 6.13. The highest BCUT2D eigenvalue weighted by Crippen LogP contribution is 2.44. The van der Waals surface area contributed by atoms with Crippen LogP contribution in [-0.4, -0.2) is 25.0 Å². The molecule has 0 aliphatic heterocycles. The summed E-state index contributed by atoms with van der Waals surface area (Å²) in [6.07, 6.45) is 1.98. The average molecular weight is 461 g/mol. The van der Waals surface area contributed by atoms with E-state index in [-0.39, 0.29) is 4.90 Å². The summed E-state index contributed by atoms with van der Waals surface area (Å²) in [5.74, 6) is 3.22. The highest BCUT2D eigenvalue weighted by molar-refractivity contribution is 7.80. The summed E-state index contributed by atoms with van der Waals surface area (Å²) in [5.41, 5.74) is -0.400. The topological polar surface area (TPSA) is 41.1 Å². The molecule has 1 aromatic carbocycles. The summed E-state index contributed by atoms with van der Waals surface area (Å²) in [6, 6.07) is 5.61. The molecule has 178 valence electrons. The molecule has 0 radical (unpaired) electrons. The highest BCUT2D eigenvalue weighted by Gasteiger charge is 2.39.